The number of H-pyrrole nitrogens is 1. The fourth-order valence-electron chi connectivity index (χ4n) is 2.98. The molecule has 9 heteroatoms. The van der Waals surface area contributed by atoms with Crippen LogP contribution in [0, 0.1) is 5.82 Å². The number of aromatic nitrogens is 4. The number of benzene rings is 1. The second-order valence-corrected chi connectivity index (χ2v) is 6.48. The van der Waals surface area contributed by atoms with Crippen molar-refractivity contribution in [2.45, 2.75) is 12.5 Å². The smallest absolute Gasteiger partial charge is 0.290 e. The zero-order valence-corrected chi connectivity index (χ0v) is 15.6. The van der Waals surface area contributed by atoms with E-state index in [0.717, 1.165) is 0 Å². The molecular formula is C21H16FN5O3. The highest BCUT2D eigenvalue weighted by molar-refractivity contribution is 5.91. The first-order chi connectivity index (χ1) is 14.6. The molecule has 8 nitrogen and oxygen atoms in total. The number of rotatable bonds is 6. The summed E-state index contributed by atoms with van der Waals surface area (Å²) in [5, 5.41) is 6.35. The van der Waals surface area contributed by atoms with Crippen LogP contribution in [0.25, 0.3) is 11.4 Å². The van der Waals surface area contributed by atoms with E-state index in [1.807, 2.05) is 0 Å². The van der Waals surface area contributed by atoms with Crippen molar-refractivity contribution in [2.24, 2.45) is 0 Å². The number of nitrogens with one attached hydrogen (secondary N) is 2. The molecule has 0 fully saturated rings. The molecule has 0 radical (unpaired) electrons. The van der Waals surface area contributed by atoms with Crippen LogP contribution in [0.5, 0.6) is 0 Å². The molecule has 0 bridgehead atoms. The number of halogens is 1. The predicted octanol–water partition coefficient (Wildman–Crippen LogP) is 2.67. The first-order valence-corrected chi connectivity index (χ1v) is 9.06. The Labute approximate surface area is 169 Å². The van der Waals surface area contributed by atoms with Crippen LogP contribution in [0.4, 0.5) is 4.39 Å². The van der Waals surface area contributed by atoms with Gasteiger partial charge in [0.1, 0.15) is 11.6 Å². The van der Waals surface area contributed by atoms with Gasteiger partial charge in [0.05, 0.1) is 17.9 Å². The number of nitrogens with zero attached hydrogens (tertiary/aromatic N) is 3. The first-order valence-electron chi connectivity index (χ1n) is 9.06. The Kier molecular flexibility index (Phi) is 5.42. The maximum Gasteiger partial charge on any atom is 0.290 e. The normalized spacial score (nSPS) is 11.8. The number of hydrogen-bond acceptors (Lipinski definition) is 6. The Morgan fingerprint density at radius 2 is 1.87 bits per heavy atom. The lowest BCUT2D eigenvalue weighted by atomic mass is 10.0. The van der Waals surface area contributed by atoms with Crippen molar-refractivity contribution in [1.82, 2.24) is 25.4 Å². The molecule has 3 heterocycles. The van der Waals surface area contributed by atoms with Crippen LogP contribution in [0.2, 0.25) is 0 Å². The third-order valence-corrected chi connectivity index (χ3v) is 4.40. The van der Waals surface area contributed by atoms with E-state index in [0.29, 0.717) is 22.6 Å². The van der Waals surface area contributed by atoms with Crippen LogP contribution in [0.15, 0.2) is 76.4 Å². The fourth-order valence-corrected chi connectivity index (χ4v) is 2.98. The molecule has 1 atom stereocenters. The lowest BCUT2D eigenvalue weighted by molar-refractivity contribution is 0.0899. The maximum absolute atomic E-state index is 13.4. The second kappa shape index (κ2) is 8.48. The first kappa shape index (κ1) is 19.2. The van der Waals surface area contributed by atoms with E-state index < -0.39 is 17.8 Å². The van der Waals surface area contributed by atoms with Gasteiger partial charge in [-0.15, -0.1) is 0 Å². The lowest BCUT2D eigenvalue weighted by Gasteiger charge is -2.18. The summed E-state index contributed by atoms with van der Waals surface area (Å²) in [6, 6.07) is 11.4. The van der Waals surface area contributed by atoms with Crippen LogP contribution in [0.1, 0.15) is 27.9 Å². The Morgan fingerprint density at radius 1 is 1.10 bits per heavy atom. The molecule has 30 heavy (non-hydrogen) atoms. The minimum absolute atomic E-state index is 0.0402. The number of carbonyl (C=O) groups is 1. The molecule has 0 spiro atoms. The van der Waals surface area contributed by atoms with Gasteiger partial charge < -0.3 is 14.8 Å². The molecule has 3 aromatic heterocycles. The Morgan fingerprint density at radius 3 is 2.57 bits per heavy atom. The lowest BCUT2D eigenvalue weighted by Crippen LogP contribution is -2.30. The molecule has 0 aliphatic rings. The molecule has 0 aliphatic carbocycles. The molecular weight excluding hydrogens is 389 g/mol. The minimum atomic E-state index is -0.581. The summed E-state index contributed by atoms with van der Waals surface area (Å²) in [6.45, 7) is 0. The van der Waals surface area contributed by atoms with Gasteiger partial charge >= 0.3 is 0 Å². The van der Waals surface area contributed by atoms with E-state index in [4.69, 9.17) is 4.52 Å². The molecule has 2 N–H and O–H groups in total. The molecule has 0 saturated heterocycles. The monoisotopic (exact) mass is 405 g/mol. The number of amides is 1. The molecule has 0 unspecified atom stereocenters. The highest BCUT2D eigenvalue weighted by Gasteiger charge is 2.20. The molecule has 4 aromatic rings. The van der Waals surface area contributed by atoms with Crippen molar-refractivity contribution >= 4 is 5.91 Å². The SMILES string of the molecule is O=C(N[C@H](Cc1cc(=O)[nH]c(-c2ccncc2)n1)c1ccc(F)cc1)c1ccno1. The molecule has 1 aromatic carbocycles. The average Bonchev–Trinajstić information content (AvgIpc) is 3.29. The largest absolute Gasteiger partial charge is 0.351 e. The number of aromatic amines is 1. The van der Waals surface area contributed by atoms with Crippen LogP contribution in [-0.2, 0) is 6.42 Å². The van der Waals surface area contributed by atoms with Crippen molar-refractivity contribution in [3.05, 3.63) is 100 Å². The standard InChI is InChI=1S/C21H16FN5O3/c22-15-3-1-13(2-4-15)17(26-21(29)18-7-10-24-30-18)11-16-12-19(28)27-20(25-16)14-5-8-23-9-6-14/h1-10,12,17H,11H2,(H,26,29)(H,25,27,28)/t17-/m1/s1. The maximum atomic E-state index is 13.4. The van der Waals surface area contributed by atoms with E-state index in [9.17, 15) is 14.0 Å². The van der Waals surface area contributed by atoms with Crippen LogP contribution < -0.4 is 10.9 Å². The molecule has 1 amide bonds. The minimum Gasteiger partial charge on any atom is -0.351 e. The van der Waals surface area contributed by atoms with Gasteiger partial charge in [-0.05, 0) is 29.8 Å². The quantitative estimate of drug-likeness (QED) is 0.510. The van der Waals surface area contributed by atoms with Gasteiger partial charge in [-0.1, -0.05) is 17.3 Å². The van der Waals surface area contributed by atoms with E-state index in [1.165, 1.54) is 30.5 Å². The third kappa shape index (κ3) is 4.46. The van der Waals surface area contributed by atoms with Crippen molar-refractivity contribution in [3.8, 4) is 11.4 Å². The summed E-state index contributed by atoms with van der Waals surface area (Å²) in [7, 11) is 0. The molecule has 150 valence electrons. The summed E-state index contributed by atoms with van der Waals surface area (Å²) in [6.07, 6.45) is 4.76. The van der Waals surface area contributed by atoms with E-state index in [1.54, 1.807) is 36.7 Å². The van der Waals surface area contributed by atoms with Gasteiger partial charge in [-0.2, -0.15) is 0 Å². The number of hydrogen-bond donors (Lipinski definition) is 2. The van der Waals surface area contributed by atoms with Gasteiger partial charge in [0.15, 0.2) is 0 Å². The predicted molar refractivity (Wildman–Crippen MR) is 105 cm³/mol. The highest BCUT2D eigenvalue weighted by atomic mass is 19.1. The van der Waals surface area contributed by atoms with E-state index >= 15 is 0 Å². The Balaban J connectivity index is 1.66. The second-order valence-electron chi connectivity index (χ2n) is 6.48. The van der Waals surface area contributed by atoms with E-state index in [-0.39, 0.29) is 17.7 Å². The molecule has 0 aliphatic heterocycles. The van der Waals surface area contributed by atoms with Crippen molar-refractivity contribution in [3.63, 3.8) is 0 Å². The van der Waals surface area contributed by atoms with Crippen molar-refractivity contribution < 1.29 is 13.7 Å². The van der Waals surface area contributed by atoms with E-state index in [2.05, 4.69) is 25.4 Å². The van der Waals surface area contributed by atoms with Gasteiger partial charge in [0.25, 0.3) is 11.5 Å². The number of carbonyl (C=O) groups excluding carboxylic acids is 1. The number of pyridine rings is 1. The zero-order chi connectivity index (χ0) is 20.9. The zero-order valence-electron chi connectivity index (χ0n) is 15.6. The Hall–Kier alpha value is -4.14. The third-order valence-electron chi connectivity index (χ3n) is 4.40. The topological polar surface area (TPSA) is 114 Å². The molecule has 4 rings (SSSR count). The summed E-state index contributed by atoms with van der Waals surface area (Å²) in [4.78, 5) is 35.8. The van der Waals surface area contributed by atoms with Crippen LogP contribution >= 0.6 is 0 Å². The van der Waals surface area contributed by atoms with Gasteiger partial charge in [-0.3, -0.25) is 14.6 Å². The van der Waals surface area contributed by atoms with Crippen molar-refractivity contribution in [1.29, 1.82) is 0 Å². The van der Waals surface area contributed by atoms with Crippen molar-refractivity contribution in [2.75, 3.05) is 0 Å². The Bertz CT molecular complexity index is 1190. The van der Waals surface area contributed by atoms with Gasteiger partial charge in [0, 0.05) is 36.5 Å². The highest BCUT2D eigenvalue weighted by Crippen LogP contribution is 2.20. The fraction of sp³-hybridized carbons (Fsp3) is 0.0952. The van der Waals surface area contributed by atoms with Gasteiger partial charge in [0.2, 0.25) is 5.76 Å². The summed E-state index contributed by atoms with van der Waals surface area (Å²) in [5.41, 5.74) is 1.48. The summed E-state index contributed by atoms with van der Waals surface area (Å²) in [5.74, 6) is -0.452. The van der Waals surface area contributed by atoms with Crippen LogP contribution in [-0.4, -0.2) is 26.0 Å². The summed E-state index contributed by atoms with van der Waals surface area (Å²) >= 11 is 0. The molecule has 0 saturated carbocycles. The summed E-state index contributed by atoms with van der Waals surface area (Å²) < 4.78 is 18.3. The average molecular weight is 405 g/mol. The van der Waals surface area contributed by atoms with Gasteiger partial charge in [-0.25, -0.2) is 9.37 Å². The van der Waals surface area contributed by atoms with Crippen LogP contribution in [0.3, 0.4) is 0 Å².